The summed E-state index contributed by atoms with van der Waals surface area (Å²) in [5.74, 6) is 0. The molecule has 1 unspecified atom stereocenters. The third-order valence-corrected chi connectivity index (χ3v) is 3.10. The molecule has 0 heterocycles. The Kier molecular flexibility index (Phi) is 3.14. The van der Waals surface area contributed by atoms with Crippen LogP contribution in [0.15, 0.2) is 0 Å². The first-order chi connectivity index (χ1) is 4.04. The van der Waals surface area contributed by atoms with Crippen molar-refractivity contribution in [2.45, 2.75) is 25.5 Å². The van der Waals surface area contributed by atoms with Crippen LogP contribution in [0, 0.1) is 7.05 Å². The molecular weight excluding hydrogens is 138 g/mol. The van der Waals surface area contributed by atoms with Gasteiger partial charge in [0.15, 0.2) is 0 Å². The maximum Gasteiger partial charge on any atom is 0.214 e. The van der Waals surface area contributed by atoms with E-state index in [0.29, 0.717) is 6.42 Å². The number of rotatable bonds is 3. The second-order valence-corrected chi connectivity index (χ2v) is 4.09. The summed E-state index contributed by atoms with van der Waals surface area (Å²) in [4.78, 5) is 0. The van der Waals surface area contributed by atoms with Gasteiger partial charge in [-0.15, -0.1) is 0 Å². The summed E-state index contributed by atoms with van der Waals surface area (Å²) in [6, 6.07) is 0. The molecule has 0 aliphatic heterocycles. The van der Waals surface area contributed by atoms with E-state index in [-0.39, 0.29) is 5.25 Å². The lowest BCUT2D eigenvalue weighted by molar-refractivity contribution is 0.575. The van der Waals surface area contributed by atoms with Gasteiger partial charge in [0, 0.05) is 7.05 Å². The smallest absolute Gasteiger partial charge is 0.214 e. The summed E-state index contributed by atoms with van der Waals surface area (Å²) < 4.78 is 23.5. The average molecular weight is 150 g/mol. The minimum Gasteiger partial charge on any atom is -0.214 e. The molecule has 0 saturated carbocycles. The number of sulfonamides is 1. The maximum atomic E-state index is 10.8. The third-order valence-electron chi connectivity index (χ3n) is 1.31. The van der Waals surface area contributed by atoms with E-state index in [2.05, 4.69) is 7.05 Å². The lowest BCUT2D eigenvalue weighted by Gasteiger charge is -2.06. The fourth-order valence-electron chi connectivity index (χ4n) is 0.362. The number of hydrogen-bond acceptors (Lipinski definition) is 2. The van der Waals surface area contributed by atoms with Crippen LogP contribution in [-0.4, -0.2) is 13.7 Å². The highest BCUT2D eigenvalue weighted by atomic mass is 32.2. The molecule has 9 heavy (non-hydrogen) atoms. The maximum absolute atomic E-state index is 10.8. The molecule has 4 heteroatoms. The van der Waals surface area contributed by atoms with Crippen molar-refractivity contribution in [3.8, 4) is 0 Å². The van der Waals surface area contributed by atoms with Gasteiger partial charge in [0.25, 0.3) is 0 Å². The molecule has 0 saturated heterocycles. The first-order valence-electron chi connectivity index (χ1n) is 2.82. The molecule has 0 aromatic rings. The summed E-state index contributed by atoms with van der Waals surface area (Å²) in [5.41, 5.74) is 0. The lowest BCUT2D eigenvalue weighted by atomic mass is 10.4. The molecule has 0 aliphatic rings. The fraction of sp³-hybridized carbons (Fsp3) is 0.800. The summed E-state index contributed by atoms with van der Waals surface area (Å²) in [7, 11) is -0.0209. The second kappa shape index (κ2) is 3.17. The zero-order valence-electron chi connectivity index (χ0n) is 5.72. The van der Waals surface area contributed by atoms with Crippen LogP contribution < -0.4 is 4.72 Å². The van der Waals surface area contributed by atoms with Gasteiger partial charge < -0.3 is 0 Å². The van der Waals surface area contributed by atoms with Crippen molar-refractivity contribution in [1.29, 1.82) is 0 Å². The van der Waals surface area contributed by atoms with Gasteiger partial charge in [-0.3, -0.25) is 0 Å². The second-order valence-electron chi connectivity index (χ2n) is 1.91. The number of hydrogen-bond donors (Lipinski definition) is 1. The molecule has 0 aromatic carbocycles. The molecular formula is C5H12NO2S. The van der Waals surface area contributed by atoms with Crippen molar-refractivity contribution in [2.24, 2.45) is 0 Å². The summed E-state index contributed by atoms with van der Waals surface area (Å²) in [6.45, 7) is 3.47. The van der Waals surface area contributed by atoms with Crippen molar-refractivity contribution >= 4 is 10.0 Å². The minimum absolute atomic E-state index is 0.338. The van der Waals surface area contributed by atoms with Crippen LogP contribution in [0.4, 0.5) is 0 Å². The van der Waals surface area contributed by atoms with Crippen molar-refractivity contribution in [3.63, 3.8) is 0 Å². The Morgan fingerprint density at radius 3 is 2.22 bits per heavy atom. The molecule has 0 amide bonds. The summed E-state index contributed by atoms with van der Waals surface area (Å²) in [6.07, 6.45) is 0.616. The minimum atomic E-state index is -3.11. The highest BCUT2D eigenvalue weighted by Gasteiger charge is 2.14. The van der Waals surface area contributed by atoms with Crippen LogP contribution in [0.25, 0.3) is 0 Å². The predicted octanol–water partition coefficient (Wildman–Crippen LogP) is 0.496. The van der Waals surface area contributed by atoms with Crippen LogP contribution >= 0.6 is 0 Å². The van der Waals surface area contributed by atoms with Gasteiger partial charge in [0.05, 0.1) is 5.25 Å². The highest BCUT2D eigenvalue weighted by Crippen LogP contribution is 2.00. The van der Waals surface area contributed by atoms with Gasteiger partial charge in [-0.05, 0) is 13.3 Å². The van der Waals surface area contributed by atoms with Gasteiger partial charge in [-0.2, -0.15) is 0 Å². The third kappa shape index (κ3) is 2.32. The van der Waals surface area contributed by atoms with E-state index in [4.69, 9.17) is 0 Å². The molecule has 55 valence electrons. The van der Waals surface area contributed by atoms with E-state index < -0.39 is 10.0 Å². The molecule has 0 rings (SSSR count). The monoisotopic (exact) mass is 150 g/mol. The van der Waals surface area contributed by atoms with E-state index in [1.165, 1.54) is 0 Å². The molecule has 1 N–H and O–H groups in total. The van der Waals surface area contributed by atoms with Gasteiger partial charge >= 0.3 is 0 Å². The standard InChI is InChI=1S/C5H12NO2S/c1-4-5(2)9(7,8)6-3/h5-6H,3-4H2,1-2H3. The Labute approximate surface area is 56.5 Å². The van der Waals surface area contributed by atoms with E-state index in [1.54, 1.807) is 6.92 Å². The average Bonchev–Trinajstić information content (AvgIpc) is 1.86. The topological polar surface area (TPSA) is 46.2 Å². The van der Waals surface area contributed by atoms with E-state index in [1.807, 2.05) is 11.6 Å². The van der Waals surface area contributed by atoms with Gasteiger partial charge in [0.2, 0.25) is 10.0 Å². The van der Waals surface area contributed by atoms with Crippen molar-refractivity contribution < 1.29 is 8.42 Å². The van der Waals surface area contributed by atoms with Crippen LogP contribution in [0.3, 0.4) is 0 Å². The van der Waals surface area contributed by atoms with Gasteiger partial charge in [0.1, 0.15) is 0 Å². The van der Waals surface area contributed by atoms with Crippen LogP contribution in [0.1, 0.15) is 20.3 Å². The Morgan fingerprint density at radius 1 is 1.67 bits per heavy atom. The van der Waals surface area contributed by atoms with Crippen molar-refractivity contribution in [1.82, 2.24) is 4.72 Å². The van der Waals surface area contributed by atoms with Gasteiger partial charge in [-0.1, -0.05) is 6.92 Å². The molecule has 3 nitrogen and oxygen atoms in total. The van der Waals surface area contributed by atoms with Gasteiger partial charge in [-0.25, -0.2) is 13.1 Å². The Morgan fingerprint density at radius 2 is 2.11 bits per heavy atom. The van der Waals surface area contributed by atoms with Crippen LogP contribution in [0.5, 0.6) is 0 Å². The largest absolute Gasteiger partial charge is 0.214 e. The lowest BCUT2D eigenvalue weighted by Crippen LogP contribution is -2.27. The Balaban J connectivity index is 4.17. The van der Waals surface area contributed by atoms with E-state index in [0.717, 1.165) is 0 Å². The summed E-state index contributed by atoms with van der Waals surface area (Å²) >= 11 is 0. The molecule has 0 fully saturated rings. The molecule has 0 aromatic heterocycles. The molecule has 1 atom stereocenters. The SMILES string of the molecule is [CH2]NS(=O)(=O)C(C)CC. The predicted molar refractivity (Wildman–Crippen MR) is 37.2 cm³/mol. The molecule has 0 spiro atoms. The Hall–Kier alpha value is -0.0900. The Bertz CT molecular complexity index is 162. The normalized spacial score (nSPS) is 15.4. The molecule has 0 bridgehead atoms. The van der Waals surface area contributed by atoms with E-state index >= 15 is 0 Å². The van der Waals surface area contributed by atoms with Crippen LogP contribution in [0.2, 0.25) is 0 Å². The zero-order chi connectivity index (χ0) is 7.49. The number of nitrogens with one attached hydrogen (secondary N) is 1. The zero-order valence-corrected chi connectivity index (χ0v) is 6.53. The fourth-order valence-corrected chi connectivity index (χ4v) is 1.09. The quantitative estimate of drug-likeness (QED) is 0.636. The summed E-state index contributed by atoms with van der Waals surface area (Å²) in [5, 5.41) is -0.338. The molecule has 1 radical (unpaired) electrons. The van der Waals surface area contributed by atoms with E-state index in [9.17, 15) is 8.42 Å². The molecule has 0 aliphatic carbocycles. The first kappa shape index (κ1) is 8.91. The van der Waals surface area contributed by atoms with Crippen molar-refractivity contribution in [2.75, 3.05) is 0 Å². The highest BCUT2D eigenvalue weighted by molar-refractivity contribution is 7.90. The van der Waals surface area contributed by atoms with Crippen molar-refractivity contribution in [3.05, 3.63) is 7.05 Å². The van der Waals surface area contributed by atoms with Crippen LogP contribution in [-0.2, 0) is 10.0 Å². The first-order valence-corrected chi connectivity index (χ1v) is 4.37.